The number of ether oxygens (including phenoxy) is 1. The molecule has 0 spiro atoms. The third kappa shape index (κ3) is 3.80. The Morgan fingerprint density at radius 2 is 1.84 bits per heavy atom. The smallest absolute Gasteiger partial charge is 0.254 e. The number of hydrogen-bond donors (Lipinski definition) is 0. The van der Waals surface area contributed by atoms with Crippen LogP contribution < -0.4 is 9.64 Å². The molecule has 0 atom stereocenters. The van der Waals surface area contributed by atoms with E-state index in [1.54, 1.807) is 30.6 Å². The molecule has 5 rings (SSSR count). The lowest BCUT2D eigenvalue weighted by atomic mass is 10.0. The predicted molar refractivity (Wildman–Crippen MR) is 126 cm³/mol. The van der Waals surface area contributed by atoms with Gasteiger partial charge < -0.3 is 14.5 Å². The van der Waals surface area contributed by atoms with Crippen LogP contribution in [-0.4, -0.2) is 49.1 Å². The number of para-hydroxylation sites is 2. The third-order valence-electron chi connectivity index (χ3n) is 5.77. The van der Waals surface area contributed by atoms with Crippen LogP contribution in [0.15, 0.2) is 66.0 Å². The Labute approximate surface area is 189 Å². The minimum absolute atomic E-state index is 0.0968. The summed E-state index contributed by atoms with van der Waals surface area (Å²) in [5.74, 6) is 0.349. The summed E-state index contributed by atoms with van der Waals surface area (Å²) in [5, 5.41) is 2.52. The molecular weight excluding hydrogens is 425 g/mol. The van der Waals surface area contributed by atoms with Crippen molar-refractivity contribution >= 4 is 33.8 Å². The van der Waals surface area contributed by atoms with Crippen molar-refractivity contribution in [3.63, 3.8) is 0 Å². The molecule has 32 heavy (non-hydrogen) atoms. The Bertz CT molecular complexity index is 1270. The Balaban J connectivity index is 1.44. The number of carbonyl (C=O) groups excluding carboxylic acids is 1. The number of rotatable bonds is 4. The quantitative estimate of drug-likeness (QED) is 0.438. The standard InChI is InChI=1S/C25H22FN3O2S/c1-31-23-6-3-2-5-22(23)28-10-12-29(13-11-28)25(30)19-16-21(24-7-4-14-32-24)27-20-9-8-17(26)15-18(19)20/h2-9,14-16H,10-13H2,1H3. The number of hydrogen-bond acceptors (Lipinski definition) is 5. The summed E-state index contributed by atoms with van der Waals surface area (Å²) < 4.78 is 19.5. The number of carbonyl (C=O) groups is 1. The Morgan fingerprint density at radius 3 is 2.59 bits per heavy atom. The molecule has 0 N–H and O–H groups in total. The molecule has 2 aromatic heterocycles. The van der Waals surface area contributed by atoms with Crippen molar-refractivity contribution in [2.24, 2.45) is 0 Å². The van der Waals surface area contributed by atoms with Gasteiger partial charge in [0.15, 0.2) is 0 Å². The van der Waals surface area contributed by atoms with Gasteiger partial charge in [-0.1, -0.05) is 18.2 Å². The number of pyridine rings is 1. The fourth-order valence-corrected chi connectivity index (χ4v) is 4.82. The van der Waals surface area contributed by atoms with Crippen molar-refractivity contribution in [1.82, 2.24) is 9.88 Å². The number of halogens is 1. The van der Waals surface area contributed by atoms with Crippen LogP contribution in [0.3, 0.4) is 0 Å². The largest absolute Gasteiger partial charge is 0.495 e. The first-order valence-electron chi connectivity index (χ1n) is 10.5. The van der Waals surface area contributed by atoms with Gasteiger partial charge >= 0.3 is 0 Å². The highest BCUT2D eigenvalue weighted by Gasteiger charge is 2.26. The Kier molecular flexibility index (Phi) is 5.49. The van der Waals surface area contributed by atoms with Crippen LogP contribution in [0.1, 0.15) is 10.4 Å². The van der Waals surface area contributed by atoms with Crippen molar-refractivity contribution in [1.29, 1.82) is 0 Å². The second-order valence-electron chi connectivity index (χ2n) is 7.64. The first-order chi connectivity index (χ1) is 15.6. The van der Waals surface area contributed by atoms with Gasteiger partial charge in [0, 0.05) is 31.6 Å². The number of fused-ring (bicyclic) bond motifs is 1. The Morgan fingerprint density at radius 1 is 1.03 bits per heavy atom. The molecule has 5 nitrogen and oxygen atoms in total. The summed E-state index contributed by atoms with van der Waals surface area (Å²) in [7, 11) is 1.66. The second-order valence-corrected chi connectivity index (χ2v) is 8.59. The highest BCUT2D eigenvalue weighted by molar-refractivity contribution is 7.13. The van der Waals surface area contributed by atoms with Crippen LogP contribution in [0, 0.1) is 5.82 Å². The number of methoxy groups -OCH3 is 1. The predicted octanol–water partition coefficient (Wildman–Crippen LogP) is 5.07. The van der Waals surface area contributed by atoms with E-state index < -0.39 is 0 Å². The SMILES string of the molecule is COc1ccccc1N1CCN(C(=O)c2cc(-c3cccs3)nc3ccc(F)cc23)CC1. The topological polar surface area (TPSA) is 45.7 Å². The van der Waals surface area contributed by atoms with Crippen LogP contribution >= 0.6 is 11.3 Å². The minimum Gasteiger partial charge on any atom is -0.495 e. The molecule has 0 radical (unpaired) electrons. The third-order valence-corrected chi connectivity index (χ3v) is 6.66. The van der Waals surface area contributed by atoms with Crippen molar-refractivity contribution in [3.05, 3.63) is 77.4 Å². The van der Waals surface area contributed by atoms with Crippen molar-refractivity contribution in [3.8, 4) is 16.3 Å². The van der Waals surface area contributed by atoms with Crippen molar-refractivity contribution in [2.75, 3.05) is 38.2 Å². The molecule has 0 saturated carbocycles. The molecule has 2 aromatic carbocycles. The molecular formula is C25H22FN3O2S. The maximum Gasteiger partial charge on any atom is 0.254 e. The van der Waals surface area contributed by atoms with E-state index in [0.29, 0.717) is 42.6 Å². The number of aromatic nitrogens is 1. The molecule has 1 aliphatic rings. The van der Waals surface area contributed by atoms with E-state index >= 15 is 0 Å². The second kappa shape index (κ2) is 8.59. The van der Waals surface area contributed by atoms with Crippen LogP contribution in [0.25, 0.3) is 21.5 Å². The first kappa shape index (κ1) is 20.5. The maximum absolute atomic E-state index is 14.0. The molecule has 1 aliphatic heterocycles. The van der Waals surface area contributed by atoms with Gasteiger partial charge in [0.1, 0.15) is 11.6 Å². The van der Waals surface area contributed by atoms with Gasteiger partial charge in [-0.05, 0) is 47.8 Å². The summed E-state index contributed by atoms with van der Waals surface area (Å²) in [6, 6.07) is 18.0. The number of thiophene rings is 1. The van der Waals surface area contributed by atoms with Gasteiger partial charge in [-0.25, -0.2) is 9.37 Å². The molecule has 0 bridgehead atoms. The number of nitrogens with zero attached hydrogens (tertiary/aromatic N) is 3. The normalized spacial score (nSPS) is 14.1. The van der Waals surface area contributed by atoms with Crippen LogP contribution in [0.5, 0.6) is 5.75 Å². The molecule has 162 valence electrons. The lowest BCUT2D eigenvalue weighted by Gasteiger charge is -2.36. The van der Waals surface area contributed by atoms with E-state index in [0.717, 1.165) is 22.0 Å². The monoisotopic (exact) mass is 447 g/mol. The fraction of sp³-hybridized carbons (Fsp3) is 0.200. The zero-order valence-electron chi connectivity index (χ0n) is 17.6. The fourth-order valence-electron chi connectivity index (χ4n) is 4.14. The summed E-state index contributed by atoms with van der Waals surface area (Å²) in [5.41, 5.74) is 2.87. The van der Waals surface area contributed by atoms with E-state index in [1.165, 1.54) is 12.1 Å². The van der Waals surface area contributed by atoms with Gasteiger partial charge in [0.2, 0.25) is 0 Å². The lowest BCUT2D eigenvalue weighted by molar-refractivity contribution is 0.0748. The maximum atomic E-state index is 14.0. The number of anilines is 1. The molecule has 1 fully saturated rings. The van der Waals surface area contributed by atoms with Gasteiger partial charge in [-0.15, -0.1) is 11.3 Å². The van der Waals surface area contributed by atoms with Gasteiger partial charge in [0.05, 0.1) is 34.4 Å². The summed E-state index contributed by atoms with van der Waals surface area (Å²) in [4.78, 5) is 23.3. The van der Waals surface area contributed by atoms with E-state index in [-0.39, 0.29) is 11.7 Å². The summed E-state index contributed by atoms with van der Waals surface area (Å²) in [6.45, 7) is 2.54. The zero-order chi connectivity index (χ0) is 22.1. The van der Waals surface area contributed by atoms with Crippen LogP contribution in [0.2, 0.25) is 0 Å². The Hall–Kier alpha value is -3.45. The number of benzene rings is 2. The zero-order valence-corrected chi connectivity index (χ0v) is 18.4. The van der Waals surface area contributed by atoms with Gasteiger partial charge in [-0.2, -0.15) is 0 Å². The number of amides is 1. The average molecular weight is 448 g/mol. The average Bonchev–Trinajstić information content (AvgIpc) is 3.38. The van der Waals surface area contributed by atoms with Crippen LogP contribution in [-0.2, 0) is 0 Å². The first-order valence-corrected chi connectivity index (χ1v) is 11.3. The highest BCUT2D eigenvalue weighted by Crippen LogP contribution is 2.31. The molecule has 4 aromatic rings. The molecule has 3 heterocycles. The summed E-state index contributed by atoms with van der Waals surface area (Å²) >= 11 is 1.57. The van der Waals surface area contributed by atoms with Crippen molar-refractivity contribution < 1.29 is 13.9 Å². The molecule has 1 saturated heterocycles. The molecule has 1 amide bonds. The van der Waals surface area contributed by atoms with Gasteiger partial charge in [-0.3, -0.25) is 4.79 Å². The molecule has 0 unspecified atom stereocenters. The van der Waals surface area contributed by atoms with E-state index in [2.05, 4.69) is 9.88 Å². The van der Waals surface area contributed by atoms with E-state index in [9.17, 15) is 9.18 Å². The van der Waals surface area contributed by atoms with Gasteiger partial charge in [0.25, 0.3) is 5.91 Å². The lowest BCUT2D eigenvalue weighted by Crippen LogP contribution is -2.49. The highest BCUT2D eigenvalue weighted by atomic mass is 32.1. The van der Waals surface area contributed by atoms with E-state index in [4.69, 9.17) is 4.74 Å². The van der Waals surface area contributed by atoms with Crippen LogP contribution in [0.4, 0.5) is 10.1 Å². The molecule has 0 aliphatic carbocycles. The summed E-state index contributed by atoms with van der Waals surface area (Å²) in [6.07, 6.45) is 0. The molecule has 7 heteroatoms. The van der Waals surface area contributed by atoms with Crippen molar-refractivity contribution in [2.45, 2.75) is 0 Å². The number of piperazine rings is 1. The van der Waals surface area contributed by atoms with E-state index in [1.807, 2.05) is 46.7 Å². The minimum atomic E-state index is -0.377.